The van der Waals surface area contributed by atoms with Crippen LogP contribution in [0.25, 0.3) is 0 Å². The highest BCUT2D eigenvalue weighted by Gasteiger charge is 2.47. The molecule has 7 atom stereocenters. The Kier molecular flexibility index (Phi) is 7.85. The number of nitriles is 1. The van der Waals surface area contributed by atoms with Gasteiger partial charge in [0.2, 0.25) is 0 Å². The molecule has 0 aliphatic heterocycles. The molecular weight excluding hydrogens is 302 g/mol. The quantitative estimate of drug-likeness (QED) is 0.422. The molecule has 1 heteroatoms. The van der Waals surface area contributed by atoms with Crippen LogP contribution in [-0.2, 0) is 0 Å². The number of nitrogens with zero attached hydrogens (tertiary/aromatic N) is 1. The maximum atomic E-state index is 9.36. The molecule has 144 valence electrons. The van der Waals surface area contributed by atoms with Gasteiger partial charge in [-0.15, -0.1) is 0 Å². The van der Waals surface area contributed by atoms with E-state index in [2.05, 4.69) is 40.7 Å². The lowest BCUT2D eigenvalue weighted by molar-refractivity contribution is 0.0872. The Hall–Kier alpha value is -0.510. The van der Waals surface area contributed by atoms with Crippen molar-refractivity contribution in [2.45, 2.75) is 105 Å². The zero-order valence-electron chi connectivity index (χ0n) is 17.7. The largest absolute Gasteiger partial charge is 0.198 e. The van der Waals surface area contributed by atoms with Gasteiger partial charge in [-0.3, -0.25) is 0 Å². The molecule has 0 aromatic carbocycles. The Morgan fingerprint density at radius 3 is 2.48 bits per heavy atom. The third-order valence-corrected chi connectivity index (χ3v) is 8.50. The maximum absolute atomic E-state index is 9.36. The first-order chi connectivity index (χ1) is 12.0. The molecule has 0 spiro atoms. The molecule has 2 fully saturated rings. The second-order valence-corrected chi connectivity index (χ2v) is 9.79. The molecule has 0 N–H and O–H groups in total. The van der Waals surface area contributed by atoms with E-state index < -0.39 is 0 Å². The highest BCUT2D eigenvalue weighted by atomic mass is 14.5. The minimum atomic E-state index is 0.544. The van der Waals surface area contributed by atoms with Crippen LogP contribution in [0.2, 0.25) is 0 Å². The fraction of sp³-hybridized carbons (Fsp3) is 0.958. The van der Waals surface area contributed by atoms with E-state index in [1.807, 2.05) is 0 Å². The summed E-state index contributed by atoms with van der Waals surface area (Å²) in [6.45, 7) is 12.3. The molecular formula is C24H43N. The fourth-order valence-electron chi connectivity index (χ4n) is 6.84. The molecule has 2 aliphatic rings. The lowest BCUT2D eigenvalue weighted by Crippen LogP contribution is -2.33. The van der Waals surface area contributed by atoms with Crippen molar-refractivity contribution in [2.24, 2.45) is 40.9 Å². The van der Waals surface area contributed by atoms with Crippen LogP contribution in [0.4, 0.5) is 0 Å². The van der Waals surface area contributed by atoms with E-state index in [1.165, 1.54) is 64.2 Å². The zero-order chi connectivity index (χ0) is 18.4. The zero-order valence-corrected chi connectivity index (χ0v) is 17.7. The molecule has 0 aromatic heterocycles. The second kappa shape index (κ2) is 9.43. The van der Waals surface area contributed by atoms with Gasteiger partial charge in [0.25, 0.3) is 0 Å². The molecule has 0 bridgehead atoms. The van der Waals surface area contributed by atoms with Crippen molar-refractivity contribution in [3.8, 4) is 6.07 Å². The summed E-state index contributed by atoms with van der Waals surface area (Å²) in [4.78, 5) is 0. The molecule has 2 saturated carbocycles. The van der Waals surface area contributed by atoms with Gasteiger partial charge in [0.15, 0.2) is 0 Å². The second-order valence-electron chi connectivity index (χ2n) is 9.79. The summed E-state index contributed by atoms with van der Waals surface area (Å²) < 4.78 is 0. The highest BCUT2D eigenvalue weighted by molar-refractivity contribution is 4.97. The summed E-state index contributed by atoms with van der Waals surface area (Å²) >= 11 is 0. The summed E-state index contributed by atoms with van der Waals surface area (Å²) in [6, 6.07) is 2.52. The summed E-state index contributed by atoms with van der Waals surface area (Å²) in [7, 11) is 0. The predicted molar refractivity (Wildman–Crippen MR) is 108 cm³/mol. The van der Waals surface area contributed by atoms with Crippen molar-refractivity contribution in [3.05, 3.63) is 0 Å². The van der Waals surface area contributed by atoms with E-state index in [1.54, 1.807) is 0 Å². The van der Waals surface area contributed by atoms with Crippen LogP contribution in [0.1, 0.15) is 105 Å². The van der Waals surface area contributed by atoms with Crippen molar-refractivity contribution >= 4 is 0 Å². The van der Waals surface area contributed by atoms with Crippen LogP contribution < -0.4 is 0 Å². The average Bonchev–Trinajstić information content (AvgIpc) is 3.15. The number of hydrogen-bond acceptors (Lipinski definition) is 1. The molecule has 25 heavy (non-hydrogen) atoms. The third-order valence-electron chi connectivity index (χ3n) is 8.50. The van der Waals surface area contributed by atoms with Gasteiger partial charge in [-0.05, 0) is 79.4 Å². The van der Waals surface area contributed by atoms with E-state index in [0.717, 1.165) is 36.0 Å². The van der Waals surface area contributed by atoms with Crippen LogP contribution >= 0.6 is 0 Å². The van der Waals surface area contributed by atoms with Gasteiger partial charge in [-0.25, -0.2) is 0 Å². The highest BCUT2D eigenvalue weighted by Crippen LogP contribution is 2.56. The first kappa shape index (κ1) is 20.8. The van der Waals surface area contributed by atoms with Crippen molar-refractivity contribution < 1.29 is 0 Å². The number of hydrogen-bond donors (Lipinski definition) is 0. The van der Waals surface area contributed by atoms with E-state index >= 15 is 0 Å². The monoisotopic (exact) mass is 345 g/mol. The predicted octanol–water partition coefficient (Wildman–Crippen LogP) is 7.61. The van der Waals surface area contributed by atoms with Crippen molar-refractivity contribution in [3.63, 3.8) is 0 Å². The minimum absolute atomic E-state index is 0.544. The summed E-state index contributed by atoms with van der Waals surface area (Å²) in [6.07, 6.45) is 14.5. The van der Waals surface area contributed by atoms with Crippen LogP contribution in [-0.4, -0.2) is 0 Å². The van der Waals surface area contributed by atoms with Gasteiger partial charge in [0.05, 0.1) is 6.07 Å². The maximum Gasteiger partial charge on any atom is 0.0624 e. The standard InChI is InChI=1S/C24H43N/c1-6-16-24(5)21(13-14-23(24)18(3)7-2)12-11-20(15-17-25)22-10-8-9-19(22)4/h18-23H,6-16H2,1-5H3. The van der Waals surface area contributed by atoms with Crippen molar-refractivity contribution in [1.82, 2.24) is 0 Å². The Balaban J connectivity index is 2.03. The van der Waals surface area contributed by atoms with Gasteiger partial charge < -0.3 is 0 Å². The lowest BCUT2D eigenvalue weighted by atomic mass is 9.64. The third kappa shape index (κ3) is 4.61. The normalized spacial score (nSPS) is 37.8. The molecule has 0 radical (unpaired) electrons. The molecule has 2 aliphatic carbocycles. The van der Waals surface area contributed by atoms with Gasteiger partial charge in [-0.2, -0.15) is 5.26 Å². The van der Waals surface area contributed by atoms with Gasteiger partial charge >= 0.3 is 0 Å². The molecule has 7 unspecified atom stereocenters. The van der Waals surface area contributed by atoms with E-state index in [9.17, 15) is 5.26 Å². The molecule has 0 heterocycles. The smallest absolute Gasteiger partial charge is 0.0624 e. The first-order valence-electron chi connectivity index (χ1n) is 11.3. The van der Waals surface area contributed by atoms with E-state index in [0.29, 0.717) is 11.3 Å². The van der Waals surface area contributed by atoms with Crippen molar-refractivity contribution in [2.75, 3.05) is 0 Å². The Morgan fingerprint density at radius 1 is 1.16 bits per heavy atom. The Labute approximate surface area is 158 Å². The Bertz CT molecular complexity index is 436. The summed E-state index contributed by atoms with van der Waals surface area (Å²) in [5, 5.41) is 9.36. The molecule has 2 rings (SSSR count). The molecule has 0 saturated heterocycles. The van der Waals surface area contributed by atoms with Crippen molar-refractivity contribution in [1.29, 1.82) is 5.26 Å². The van der Waals surface area contributed by atoms with Crippen LogP contribution in [0.3, 0.4) is 0 Å². The van der Waals surface area contributed by atoms with E-state index in [-0.39, 0.29) is 0 Å². The van der Waals surface area contributed by atoms with Gasteiger partial charge in [-0.1, -0.05) is 60.3 Å². The topological polar surface area (TPSA) is 23.8 Å². The molecule has 1 nitrogen and oxygen atoms in total. The van der Waals surface area contributed by atoms with Gasteiger partial charge in [0, 0.05) is 6.42 Å². The summed E-state index contributed by atoms with van der Waals surface area (Å²) in [5.41, 5.74) is 0.544. The average molecular weight is 346 g/mol. The lowest BCUT2D eigenvalue weighted by Gasteiger charge is -2.40. The van der Waals surface area contributed by atoms with Gasteiger partial charge in [0.1, 0.15) is 0 Å². The van der Waals surface area contributed by atoms with Crippen LogP contribution in [0.15, 0.2) is 0 Å². The first-order valence-corrected chi connectivity index (χ1v) is 11.3. The molecule has 0 aromatic rings. The minimum Gasteiger partial charge on any atom is -0.198 e. The van der Waals surface area contributed by atoms with Crippen LogP contribution in [0.5, 0.6) is 0 Å². The Morgan fingerprint density at radius 2 is 1.92 bits per heavy atom. The fourth-order valence-corrected chi connectivity index (χ4v) is 6.84. The number of rotatable bonds is 9. The summed E-state index contributed by atoms with van der Waals surface area (Å²) in [5.74, 6) is 5.01. The SMILES string of the molecule is CCCC1(C)C(CCC(CC#N)C2CCCC2C)CCC1C(C)CC. The van der Waals surface area contributed by atoms with Crippen LogP contribution in [0, 0.1) is 52.3 Å². The molecule has 0 amide bonds. The van der Waals surface area contributed by atoms with E-state index in [4.69, 9.17) is 0 Å².